The van der Waals surface area contributed by atoms with Gasteiger partial charge in [0.2, 0.25) is 0 Å². The summed E-state index contributed by atoms with van der Waals surface area (Å²) in [5.74, 6) is -1.34. The van der Waals surface area contributed by atoms with Crippen molar-refractivity contribution in [1.29, 1.82) is 0 Å². The number of ether oxygens (including phenoxy) is 2. The van der Waals surface area contributed by atoms with Crippen molar-refractivity contribution in [3.63, 3.8) is 0 Å². The molecule has 5 nitrogen and oxygen atoms in total. The van der Waals surface area contributed by atoms with Crippen molar-refractivity contribution in [2.45, 2.75) is 0 Å². The Morgan fingerprint density at radius 2 is 1.41 bits per heavy atom. The van der Waals surface area contributed by atoms with Crippen LogP contribution in [0.4, 0.5) is 14.5 Å². The molecule has 29 heavy (non-hydrogen) atoms. The van der Waals surface area contributed by atoms with Crippen LogP contribution in [0.15, 0.2) is 72.8 Å². The predicted octanol–water partition coefficient (Wildman–Crippen LogP) is 4.45. The normalized spacial score (nSPS) is 10.3. The lowest BCUT2D eigenvalue weighted by molar-refractivity contribution is 0.0450. The van der Waals surface area contributed by atoms with Gasteiger partial charge in [-0.05, 0) is 60.7 Å². The third-order valence-electron chi connectivity index (χ3n) is 3.86. The molecule has 0 saturated carbocycles. The average Bonchev–Trinajstić information content (AvgIpc) is 2.72. The van der Waals surface area contributed by atoms with Crippen molar-refractivity contribution in [3.05, 3.63) is 95.6 Å². The summed E-state index contributed by atoms with van der Waals surface area (Å²) in [6, 6.07) is 16.9. The van der Waals surface area contributed by atoms with Crippen LogP contribution in [0.1, 0.15) is 20.7 Å². The lowest BCUT2D eigenvalue weighted by atomic mass is 10.2. The van der Waals surface area contributed by atoms with E-state index in [1.807, 2.05) is 0 Å². The van der Waals surface area contributed by atoms with E-state index in [-0.39, 0.29) is 24.7 Å². The summed E-state index contributed by atoms with van der Waals surface area (Å²) in [5.41, 5.74) is 1.07. The van der Waals surface area contributed by atoms with Crippen LogP contribution in [-0.4, -0.2) is 25.1 Å². The van der Waals surface area contributed by atoms with Gasteiger partial charge in [-0.2, -0.15) is 0 Å². The van der Waals surface area contributed by atoms with Crippen LogP contribution in [-0.2, 0) is 4.74 Å². The zero-order valence-corrected chi connectivity index (χ0v) is 15.2. The summed E-state index contributed by atoms with van der Waals surface area (Å²) >= 11 is 0. The zero-order chi connectivity index (χ0) is 20.6. The van der Waals surface area contributed by atoms with E-state index in [9.17, 15) is 18.4 Å². The van der Waals surface area contributed by atoms with Crippen molar-refractivity contribution in [1.82, 2.24) is 0 Å². The molecule has 0 aromatic heterocycles. The SMILES string of the molecule is O=C(Nc1cccc(OCCOC(=O)c2ccc(F)cc2)c1)c1ccc(F)cc1. The average molecular weight is 397 g/mol. The Balaban J connectivity index is 1.48. The lowest BCUT2D eigenvalue weighted by Crippen LogP contribution is -2.13. The summed E-state index contributed by atoms with van der Waals surface area (Å²) in [5, 5.41) is 2.70. The molecule has 1 N–H and O–H groups in total. The molecule has 3 aromatic carbocycles. The molecule has 0 radical (unpaired) electrons. The highest BCUT2D eigenvalue weighted by molar-refractivity contribution is 6.04. The predicted molar refractivity (Wildman–Crippen MR) is 103 cm³/mol. The maximum atomic E-state index is 12.9. The van der Waals surface area contributed by atoms with E-state index in [1.165, 1.54) is 48.5 Å². The van der Waals surface area contributed by atoms with E-state index in [1.54, 1.807) is 24.3 Å². The highest BCUT2D eigenvalue weighted by Gasteiger charge is 2.08. The molecule has 0 bridgehead atoms. The molecule has 0 fully saturated rings. The number of nitrogens with one attached hydrogen (secondary N) is 1. The van der Waals surface area contributed by atoms with Gasteiger partial charge in [-0.25, -0.2) is 13.6 Å². The standard InChI is InChI=1S/C22H17F2NO4/c23-17-8-4-15(5-9-17)21(26)25-19-2-1-3-20(14-19)28-12-13-29-22(27)16-6-10-18(24)11-7-16/h1-11,14H,12-13H2,(H,25,26). The Morgan fingerprint density at radius 1 is 0.793 bits per heavy atom. The first kappa shape index (κ1) is 20.0. The number of benzene rings is 3. The minimum atomic E-state index is -0.575. The molecule has 0 spiro atoms. The van der Waals surface area contributed by atoms with Gasteiger partial charge in [0.1, 0.15) is 30.6 Å². The van der Waals surface area contributed by atoms with Crippen LogP contribution in [0.25, 0.3) is 0 Å². The fraction of sp³-hybridized carbons (Fsp3) is 0.0909. The molecule has 0 aliphatic rings. The molecule has 148 valence electrons. The molecular formula is C22H17F2NO4. The fourth-order valence-corrected chi connectivity index (χ4v) is 2.43. The molecule has 0 heterocycles. The first-order valence-electron chi connectivity index (χ1n) is 8.74. The van der Waals surface area contributed by atoms with Crippen LogP contribution in [0.3, 0.4) is 0 Å². The monoisotopic (exact) mass is 397 g/mol. The molecule has 0 atom stereocenters. The molecule has 3 rings (SSSR count). The lowest BCUT2D eigenvalue weighted by Gasteiger charge is -2.10. The smallest absolute Gasteiger partial charge is 0.338 e. The topological polar surface area (TPSA) is 64.6 Å². The number of halogens is 2. The van der Waals surface area contributed by atoms with Crippen molar-refractivity contribution >= 4 is 17.6 Å². The van der Waals surface area contributed by atoms with Crippen LogP contribution in [0.5, 0.6) is 5.75 Å². The number of anilines is 1. The quantitative estimate of drug-likeness (QED) is 0.473. The van der Waals surface area contributed by atoms with Crippen molar-refractivity contribution in [2.24, 2.45) is 0 Å². The zero-order valence-electron chi connectivity index (χ0n) is 15.2. The Bertz CT molecular complexity index is 988. The molecule has 3 aromatic rings. The minimum Gasteiger partial charge on any atom is -0.490 e. The number of hydrogen-bond acceptors (Lipinski definition) is 4. The van der Waals surface area contributed by atoms with Gasteiger partial charge in [-0.3, -0.25) is 4.79 Å². The number of carbonyl (C=O) groups is 2. The van der Waals surface area contributed by atoms with Gasteiger partial charge in [0, 0.05) is 17.3 Å². The molecular weight excluding hydrogens is 380 g/mol. The van der Waals surface area contributed by atoms with E-state index >= 15 is 0 Å². The maximum absolute atomic E-state index is 12.9. The third-order valence-corrected chi connectivity index (χ3v) is 3.86. The fourth-order valence-electron chi connectivity index (χ4n) is 2.43. The second-order valence-corrected chi connectivity index (χ2v) is 5.98. The molecule has 0 saturated heterocycles. The summed E-state index contributed by atoms with van der Waals surface area (Å²) in [4.78, 5) is 24.0. The number of rotatable bonds is 7. The number of esters is 1. The minimum absolute atomic E-state index is 0.00236. The Labute approximate surface area is 165 Å². The number of amides is 1. The van der Waals surface area contributed by atoms with E-state index < -0.39 is 17.6 Å². The Kier molecular flexibility index (Phi) is 6.52. The van der Waals surface area contributed by atoms with Crippen LogP contribution in [0, 0.1) is 11.6 Å². The summed E-state index contributed by atoms with van der Waals surface area (Å²) in [7, 11) is 0. The molecule has 7 heteroatoms. The van der Waals surface area contributed by atoms with Crippen LogP contribution < -0.4 is 10.1 Å². The molecule has 0 aliphatic heterocycles. The van der Waals surface area contributed by atoms with E-state index in [4.69, 9.17) is 9.47 Å². The highest BCUT2D eigenvalue weighted by Crippen LogP contribution is 2.18. The second-order valence-electron chi connectivity index (χ2n) is 5.98. The van der Waals surface area contributed by atoms with Gasteiger partial charge in [0.05, 0.1) is 5.56 Å². The van der Waals surface area contributed by atoms with Gasteiger partial charge < -0.3 is 14.8 Å². The largest absolute Gasteiger partial charge is 0.490 e. The van der Waals surface area contributed by atoms with Crippen molar-refractivity contribution < 1.29 is 27.8 Å². The first-order valence-corrected chi connectivity index (χ1v) is 8.74. The summed E-state index contributed by atoms with van der Waals surface area (Å²) in [6.45, 7) is 0.102. The van der Waals surface area contributed by atoms with Crippen LogP contribution >= 0.6 is 0 Å². The van der Waals surface area contributed by atoms with Gasteiger partial charge in [0.25, 0.3) is 5.91 Å². The van der Waals surface area contributed by atoms with Gasteiger partial charge in [0.15, 0.2) is 0 Å². The highest BCUT2D eigenvalue weighted by atomic mass is 19.1. The van der Waals surface area contributed by atoms with Crippen molar-refractivity contribution in [2.75, 3.05) is 18.5 Å². The van der Waals surface area contributed by atoms with Crippen LogP contribution in [0.2, 0.25) is 0 Å². The van der Waals surface area contributed by atoms with Gasteiger partial charge in [-0.15, -0.1) is 0 Å². The van der Waals surface area contributed by atoms with E-state index in [0.29, 0.717) is 17.0 Å². The second kappa shape index (κ2) is 9.45. The molecule has 0 unspecified atom stereocenters. The number of hydrogen-bond donors (Lipinski definition) is 1. The molecule has 1 amide bonds. The van der Waals surface area contributed by atoms with Crippen molar-refractivity contribution in [3.8, 4) is 5.75 Å². The third kappa shape index (κ3) is 5.87. The molecule has 0 aliphatic carbocycles. The first-order chi connectivity index (χ1) is 14.0. The summed E-state index contributed by atoms with van der Waals surface area (Å²) < 4.78 is 36.4. The Hall–Kier alpha value is -3.74. The van der Waals surface area contributed by atoms with Gasteiger partial charge in [-0.1, -0.05) is 6.07 Å². The number of carbonyl (C=O) groups excluding carboxylic acids is 2. The van der Waals surface area contributed by atoms with E-state index in [2.05, 4.69) is 5.32 Å². The summed E-state index contributed by atoms with van der Waals surface area (Å²) in [6.07, 6.45) is 0. The Morgan fingerprint density at radius 3 is 2.07 bits per heavy atom. The van der Waals surface area contributed by atoms with Gasteiger partial charge >= 0.3 is 5.97 Å². The maximum Gasteiger partial charge on any atom is 0.338 e. The van der Waals surface area contributed by atoms with E-state index in [0.717, 1.165) is 0 Å².